The van der Waals surface area contributed by atoms with Gasteiger partial charge in [-0.15, -0.1) is 0 Å². The fourth-order valence-electron chi connectivity index (χ4n) is 2.70. The Bertz CT molecular complexity index is 676. The molecule has 5 heteroatoms. The highest BCUT2D eigenvalue weighted by Crippen LogP contribution is 2.29. The van der Waals surface area contributed by atoms with E-state index in [-0.39, 0.29) is 5.92 Å². The van der Waals surface area contributed by atoms with Crippen LogP contribution in [0.5, 0.6) is 0 Å². The van der Waals surface area contributed by atoms with Gasteiger partial charge in [-0.25, -0.2) is 9.97 Å². The standard InChI is InChI=1S/C15H16N2O3/c1-8-5-6-20-13(8)14-16-9(2)11-7-10(15(18)19)3-4-12(11)17-14/h5-6,10H,3-4,7H2,1-2H3,(H,18,19). The first kappa shape index (κ1) is 12.8. The lowest BCUT2D eigenvalue weighted by atomic mass is 9.86. The van der Waals surface area contributed by atoms with Gasteiger partial charge in [-0.3, -0.25) is 4.79 Å². The van der Waals surface area contributed by atoms with Crippen molar-refractivity contribution in [3.05, 3.63) is 34.8 Å². The molecule has 0 amide bonds. The van der Waals surface area contributed by atoms with Crippen LogP contribution in [0.2, 0.25) is 0 Å². The fraction of sp³-hybridized carbons (Fsp3) is 0.400. The lowest BCUT2D eigenvalue weighted by molar-refractivity contribution is -0.142. The fourth-order valence-corrected chi connectivity index (χ4v) is 2.70. The Morgan fingerprint density at radius 3 is 2.85 bits per heavy atom. The zero-order valence-electron chi connectivity index (χ0n) is 11.5. The first-order valence-electron chi connectivity index (χ1n) is 6.70. The van der Waals surface area contributed by atoms with Crippen LogP contribution in [0.25, 0.3) is 11.6 Å². The van der Waals surface area contributed by atoms with Gasteiger partial charge in [0.05, 0.1) is 12.2 Å². The number of carboxylic acid groups (broad SMARTS) is 1. The highest BCUT2D eigenvalue weighted by atomic mass is 16.4. The first-order valence-corrected chi connectivity index (χ1v) is 6.70. The molecule has 1 aliphatic rings. The van der Waals surface area contributed by atoms with E-state index in [1.807, 2.05) is 19.9 Å². The van der Waals surface area contributed by atoms with Gasteiger partial charge in [-0.1, -0.05) is 0 Å². The van der Waals surface area contributed by atoms with E-state index in [0.29, 0.717) is 30.8 Å². The molecule has 20 heavy (non-hydrogen) atoms. The van der Waals surface area contributed by atoms with E-state index in [1.54, 1.807) is 6.26 Å². The average Bonchev–Trinajstić information content (AvgIpc) is 2.84. The second-order valence-corrected chi connectivity index (χ2v) is 5.27. The number of hydrogen-bond donors (Lipinski definition) is 1. The molecule has 104 valence electrons. The van der Waals surface area contributed by atoms with Crippen LogP contribution in [-0.4, -0.2) is 21.0 Å². The Labute approximate surface area is 116 Å². The number of carbonyl (C=O) groups is 1. The van der Waals surface area contributed by atoms with Crippen molar-refractivity contribution in [2.75, 3.05) is 0 Å². The molecule has 0 spiro atoms. The minimum absolute atomic E-state index is 0.319. The van der Waals surface area contributed by atoms with Gasteiger partial charge in [0.15, 0.2) is 11.6 Å². The Hall–Kier alpha value is -2.17. The van der Waals surface area contributed by atoms with Crippen LogP contribution < -0.4 is 0 Å². The lowest BCUT2D eigenvalue weighted by Gasteiger charge is -2.22. The lowest BCUT2D eigenvalue weighted by Crippen LogP contribution is -2.24. The number of carboxylic acids is 1. The molecule has 2 heterocycles. The number of aryl methyl sites for hydroxylation is 3. The maximum absolute atomic E-state index is 11.1. The molecule has 0 aromatic carbocycles. The summed E-state index contributed by atoms with van der Waals surface area (Å²) in [4.78, 5) is 20.2. The van der Waals surface area contributed by atoms with Crippen molar-refractivity contribution in [3.8, 4) is 11.6 Å². The van der Waals surface area contributed by atoms with Crippen LogP contribution in [0.1, 0.15) is 28.9 Å². The third-order valence-electron chi connectivity index (χ3n) is 3.89. The second-order valence-electron chi connectivity index (χ2n) is 5.27. The van der Waals surface area contributed by atoms with Crippen molar-refractivity contribution in [1.29, 1.82) is 0 Å². The molecule has 3 rings (SSSR count). The van der Waals surface area contributed by atoms with Crippen LogP contribution in [-0.2, 0) is 17.6 Å². The number of furan rings is 1. The highest BCUT2D eigenvalue weighted by Gasteiger charge is 2.27. The highest BCUT2D eigenvalue weighted by molar-refractivity contribution is 5.71. The van der Waals surface area contributed by atoms with E-state index in [9.17, 15) is 4.79 Å². The molecule has 1 N–H and O–H groups in total. The topological polar surface area (TPSA) is 76.2 Å². The van der Waals surface area contributed by atoms with E-state index < -0.39 is 5.97 Å². The third-order valence-corrected chi connectivity index (χ3v) is 3.89. The van der Waals surface area contributed by atoms with E-state index in [2.05, 4.69) is 9.97 Å². The molecule has 5 nitrogen and oxygen atoms in total. The minimum atomic E-state index is -0.735. The van der Waals surface area contributed by atoms with Gasteiger partial charge in [0.1, 0.15) is 0 Å². The van der Waals surface area contributed by atoms with Gasteiger partial charge in [-0.05, 0) is 50.3 Å². The Morgan fingerprint density at radius 1 is 1.40 bits per heavy atom. The van der Waals surface area contributed by atoms with Crippen molar-refractivity contribution in [3.63, 3.8) is 0 Å². The van der Waals surface area contributed by atoms with E-state index in [0.717, 1.165) is 22.5 Å². The normalized spacial score (nSPS) is 17.8. The number of fused-ring (bicyclic) bond motifs is 1. The van der Waals surface area contributed by atoms with Gasteiger partial charge < -0.3 is 9.52 Å². The molecule has 0 radical (unpaired) electrons. The Balaban J connectivity index is 2.03. The van der Waals surface area contributed by atoms with Crippen LogP contribution in [0.15, 0.2) is 16.7 Å². The Kier molecular flexibility index (Phi) is 3.04. The van der Waals surface area contributed by atoms with Crippen molar-refractivity contribution < 1.29 is 14.3 Å². The average molecular weight is 272 g/mol. The molecule has 0 bridgehead atoms. The summed E-state index contributed by atoms with van der Waals surface area (Å²) in [7, 11) is 0. The second kappa shape index (κ2) is 4.74. The maximum Gasteiger partial charge on any atom is 0.306 e. The molecule has 0 fully saturated rings. The Morgan fingerprint density at radius 2 is 2.20 bits per heavy atom. The number of nitrogens with zero attached hydrogens (tertiary/aromatic N) is 2. The molecular weight excluding hydrogens is 256 g/mol. The molecule has 1 atom stereocenters. The van der Waals surface area contributed by atoms with Gasteiger partial charge in [0.25, 0.3) is 0 Å². The van der Waals surface area contributed by atoms with E-state index in [1.165, 1.54) is 0 Å². The van der Waals surface area contributed by atoms with Crippen LogP contribution in [0.3, 0.4) is 0 Å². The van der Waals surface area contributed by atoms with Gasteiger partial charge >= 0.3 is 5.97 Å². The van der Waals surface area contributed by atoms with E-state index in [4.69, 9.17) is 9.52 Å². The number of aromatic nitrogens is 2. The SMILES string of the molecule is Cc1ccoc1-c1nc(C)c2c(n1)CCC(C(=O)O)C2. The molecule has 0 saturated heterocycles. The van der Waals surface area contributed by atoms with Crippen molar-refractivity contribution in [2.45, 2.75) is 33.1 Å². The largest absolute Gasteiger partial charge is 0.481 e. The predicted octanol–water partition coefficient (Wildman–Crippen LogP) is 2.54. The van der Waals surface area contributed by atoms with E-state index >= 15 is 0 Å². The summed E-state index contributed by atoms with van der Waals surface area (Å²) in [5, 5.41) is 9.14. The quantitative estimate of drug-likeness (QED) is 0.909. The maximum atomic E-state index is 11.1. The monoisotopic (exact) mass is 272 g/mol. The van der Waals surface area contributed by atoms with Gasteiger partial charge in [-0.2, -0.15) is 0 Å². The molecule has 0 saturated carbocycles. The number of hydrogen-bond acceptors (Lipinski definition) is 4. The van der Waals surface area contributed by atoms with Crippen molar-refractivity contribution in [2.24, 2.45) is 5.92 Å². The van der Waals surface area contributed by atoms with Crippen LogP contribution in [0.4, 0.5) is 0 Å². The zero-order chi connectivity index (χ0) is 14.3. The van der Waals surface area contributed by atoms with Crippen molar-refractivity contribution >= 4 is 5.97 Å². The van der Waals surface area contributed by atoms with Crippen molar-refractivity contribution in [1.82, 2.24) is 9.97 Å². The van der Waals surface area contributed by atoms with Gasteiger partial charge in [0, 0.05) is 11.4 Å². The third kappa shape index (κ3) is 2.09. The number of rotatable bonds is 2. The zero-order valence-corrected chi connectivity index (χ0v) is 11.5. The minimum Gasteiger partial charge on any atom is -0.481 e. The number of aliphatic carboxylic acids is 1. The van der Waals surface area contributed by atoms with Gasteiger partial charge in [0.2, 0.25) is 0 Å². The summed E-state index contributed by atoms with van der Waals surface area (Å²) in [5.41, 5.74) is 3.80. The molecule has 1 aliphatic carbocycles. The molecule has 0 aliphatic heterocycles. The summed E-state index contributed by atoms with van der Waals surface area (Å²) in [6, 6.07) is 1.88. The summed E-state index contributed by atoms with van der Waals surface area (Å²) < 4.78 is 5.44. The first-order chi connectivity index (χ1) is 9.56. The summed E-state index contributed by atoms with van der Waals surface area (Å²) in [5.74, 6) is 0.232. The summed E-state index contributed by atoms with van der Waals surface area (Å²) >= 11 is 0. The molecule has 2 aromatic rings. The summed E-state index contributed by atoms with van der Waals surface area (Å²) in [6.45, 7) is 3.87. The molecule has 1 unspecified atom stereocenters. The van der Waals surface area contributed by atoms with Crippen LogP contribution >= 0.6 is 0 Å². The smallest absolute Gasteiger partial charge is 0.306 e. The summed E-state index contributed by atoms with van der Waals surface area (Å²) in [6.07, 6.45) is 3.47. The molecule has 2 aromatic heterocycles. The molecular formula is C15H16N2O3. The van der Waals surface area contributed by atoms with Crippen LogP contribution in [0, 0.1) is 19.8 Å². The predicted molar refractivity (Wildman–Crippen MR) is 72.4 cm³/mol.